The van der Waals surface area contributed by atoms with Gasteiger partial charge in [-0.1, -0.05) is 23.7 Å². The number of methoxy groups -OCH3 is 1. The molecule has 24 heavy (non-hydrogen) atoms. The molecule has 0 aliphatic rings. The summed E-state index contributed by atoms with van der Waals surface area (Å²) in [5.41, 5.74) is 4.15. The predicted octanol–water partition coefficient (Wildman–Crippen LogP) is 3.44. The fourth-order valence-corrected chi connectivity index (χ4v) is 2.26. The van der Waals surface area contributed by atoms with Crippen molar-refractivity contribution < 1.29 is 14.3 Å². The summed E-state index contributed by atoms with van der Waals surface area (Å²) in [5, 5.41) is 4.44. The molecule has 0 atom stereocenters. The molecule has 0 heterocycles. The third-order valence-electron chi connectivity index (χ3n) is 3.18. The molecule has 2 aromatic carbocycles. The van der Waals surface area contributed by atoms with Crippen LogP contribution in [0.4, 0.5) is 0 Å². The van der Waals surface area contributed by atoms with Crippen molar-refractivity contribution in [3.63, 3.8) is 0 Å². The number of carbonyl (C=O) groups is 1. The van der Waals surface area contributed by atoms with Gasteiger partial charge in [-0.05, 0) is 48.4 Å². The van der Waals surface area contributed by atoms with E-state index in [2.05, 4.69) is 10.5 Å². The standard InChI is InChI=1S/C18H19ClN2O3/c1-3-24-17-9-6-14(10-16(17)19)12-20-21-18(22)11-13-4-7-15(23-2)8-5-13/h4-10,12H,3,11H2,1-2H3,(H,21,22)/b20-12-. The molecular formula is C18H19ClN2O3. The van der Waals surface area contributed by atoms with Gasteiger partial charge >= 0.3 is 0 Å². The monoisotopic (exact) mass is 346 g/mol. The molecule has 5 nitrogen and oxygen atoms in total. The van der Waals surface area contributed by atoms with Gasteiger partial charge in [-0.3, -0.25) is 4.79 Å². The van der Waals surface area contributed by atoms with Gasteiger partial charge in [-0.2, -0.15) is 5.10 Å². The van der Waals surface area contributed by atoms with E-state index in [-0.39, 0.29) is 12.3 Å². The number of hydrogen-bond donors (Lipinski definition) is 1. The van der Waals surface area contributed by atoms with E-state index in [1.807, 2.05) is 37.3 Å². The molecule has 126 valence electrons. The summed E-state index contributed by atoms with van der Waals surface area (Å²) in [4.78, 5) is 11.9. The zero-order valence-electron chi connectivity index (χ0n) is 13.6. The number of nitrogens with one attached hydrogen (secondary N) is 1. The maximum Gasteiger partial charge on any atom is 0.244 e. The van der Waals surface area contributed by atoms with Crippen molar-refractivity contribution >= 4 is 23.7 Å². The minimum atomic E-state index is -0.201. The number of carbonyl (C=O) groups excluding carboxylic acids is 1. The Morgan fingerprint density at radius 3 is 2.62 bits per heavy atom. The molecule has 0 radical (unpaired) electrons. The van der Waals surface area contributed by atoms with Crippen LogP contribution in [-0.4, -0.2) is 25.8 Å². The average Bonchev–Trinajstić information content (AvgIpc) is 2.58. The normalized spacial score (nSPS) is 10.6. The van der Waals surface area contributed by atoms with Crippen LogP contribution in [0.5, 0.6) is 11.5 Å². The van der Waals surface area contributed by atoms with Gasteiger partial charge in [0, 0.05) is 0 Å². The molecular weight excluding hydrogens is 328 g/mol. The Balaban J connectivity index is 1.88. The van der Waals surface area contributed by atoms with Crippen molar-refractivity contribution in [2.45, 2.75) is 13.3 Å². The highest BCUT2D eigenvalue weighted by Gasteiger charge is 2.03. The SMILES string of the molecule is CCOc1ccc(/C=N\NC(=O)Cc2ccc(OC)cc2)cc1Cl. The summed E-state index contributed by atoms with van der Waals surface area (Å²) >= 11 is 6.10. The second kappa shape index (κ2) is 8.93. The van der Waals surface area contributed by atoms with Crippen LogP contribution in [0.3, 0.4) is 0 Å². The number of halogens is 1. The molecule has 1 N–H and O–H groups in total. The van der Waals surface area contributed by atoms with E-state index in [9.17, 15) is 4.79 Å². The van der Waals surface area contributed by atoms with Gasteiger partial charge in [0.1, 0.15) is 11.5 Å². The molecule has 0 aliphatic carbocycles. The Kier molecular flexibility index (Phi) is 6.63. The molecule has 0 bridgehead atoms. The van der Waals surface area contributed by atoms with Gasteiger partial charge in [0.15, 0.2) is 0 Å². The van der Waals surface area contributed by atoms with Crippen molar-refractivity contribution in [3.8, 4) is 11.5 Å². The van der Waals surface area contributed by atoms with Crippen LogP contribution in [-0.2, 0) is 11.2 Å². The number of amides is 1. The molecule has 0 spiro atoms. The van der Waals surface area contributed by atoms with Gasteiger partial charge in [0.25, 0.3) is 0 Å². The first-order chi connectivity index (χ1) is 11.6. The highest BCUT2D eigenvalue weighted by Crippen LogP contribution is 2.24. The lowest BCUT2D eigenvalue weighted by Crippen LogP contribution is -2.19. The van der Waals surface area contributed by atoms with E-state index in [0.717, 1.165) is 16.9 Å². The van der Waals surface area contributed by atoms with Crippen molar-refractivity contribution in [1.82, 2.24) is 5.43 Å². The van der Waals surface area contributed by atoms with Gasteiger partial charge < -0.3 is 9.47 Å². The third kappa shape index (κ3) is 5.28. The largest absolute Gasteiger partial charge is 0.497 e. The Morgan fingerprint density at radius 2 is 2.00 bits per heavy atom. The molecule has 0 aliphatic heterocycles. The molecule has 0 aromatic heterocycles. The summed E-state index contributed by atoms with van der Waals surface area (Å²) in [6.07, 6.45) is 1.78. The number of benzene rings is 2. The van der Waals surface area contributed by atoms with Crippen LogP contribution in [0, 0.1) is 0 Å². The van der Waals surface area contributed by atoms with E-state index < -0.39 is 0 Å². The fraction of sp³-hybridized carbons (Fsp3) is 0.222. The summed E-state index contributed by atoms with van der Waals surface area (Å²) in [5.74, 6) is 1.18. The fourth-order valence-electron chi connectivity index (χ4n) is 2.02. The predicted molar refractivity (Wildman–Crippen MR) is 95.1 cm³/mol. The van der Waals surface area contributed by atoms with Crippen LogP contribution in [0.1, 0.15) is 18.1 Å². The van der Waals surface area contributed by atoms with Crippen molar-refractivity contribution in [2.24, 2.45) is 5.10 Å². The second-order valence-electron chi connectivity index (χ2n) is 4.94. The molecule has 0 unspecified atom stereocenters. The first-order valence-corrected chi connectivity index (χ1v) is 7.87. The van der Waals surface area contributed by atoms with Gasteiger partial charge in [-0.15, -0.1) is 0 Å². The average molecular weight is 347 g/mol. The van der Waals surface area contributed by atoms with Gasteiger partial charge in [0.05, 0.1) is 31.4 Å². The van der Waals surface area contributed by atoms with E-state index >= 15 is 0 Å². The first-order valence-electron chi connectivity index (χ1n) is 7.49. The lowest BCUT2D eigenvalue weighted by molar-refractivity contribution is -0.120. The second-order valence-corrected chi connectivity index (χ2v) is 5.35. The maximum absolute atomic E-state index is 11.9. The van der Waals surface area contributed by atoms with Crippen LogP contribution in [0.2, 0.25) is 5.02 Å². The van der Waals surface area contributed by atoms with E-state index in [1.54, 1.807) is 19.2 Å². The third-order valence-corrected chi connectivity index (χ3v) is 3.48. The Morgan fingerprint density at radius 1 is 1.25 bits per heavy atom. The topological polar surface area (TPSA) is 59.9 Å². The van der Waals surface area contributed by atoms with Crippen LogP contribution in [0.15, 0.2) is 47.6 Å². The van der Waals surface area contributed by atoms with E-state index in [4.69, 9.17) is 21.1 Å². The molecule has 6 heteroatoms. The Hall–Kier alpha value is -2.53. The zero-order valence-corrected chi connectivity index (χ0v) is 14.3. The lowest BCUT2D eigenvalue weighted by atomic mass is 10.1. The highest BCUT2D eigenvalue weighted by molar-refractivity contribution is 6.32. The van der Waals surface area contributed by atoms with Gasteiger partial charge in [-0.25, -0.2) is 5.43 Å². The number of hydrogen-bond acceptors (Lipinski definition) is 4. The van der Waals surface area contributed by atoms with Gasteiger partial charge in [0.2, 0.25) is 5.91 Å². The van der Waals surface area contributed by atoms with Crippen LogP contribution >= 0.6 is 11.6 Å². The van der Waals surface area contributed by atoms with Crippen molar-refractivity contribution in [1.29, 1.82) is 0 Å². The van der Waals surface area contributed by atoms with Crippen LogP contribution in [0.25, 0.3) is 0 Å². The van der Waals surface area contributed by atoms with Crippen molar-refractivity contribution in [3.05, 3.63) is 58.6 Å². The molecule has 1 amide bonds. The lowest BCUT2D eigenvalue weighted by Gasteiger charge is -2.05. The quantitative estimate of drug-likeness (QED) is 0.617. The van der Waals surface area contributed by atoms with Crippen LogP contribution < -0.4 is 14.9 Å². The highest BCUT2D eigenvalue weighted by atomic mass is 35.5. The molecule has 0 saturated carbocycles. The summed E-state index contributed by atoms with van der Waals surface area (Å²) in [7, 11) is 1.60. The van der Waals surface area contributed by atoms with E-state index in [0.29, 0.717) is 17.4 Å². The first kappa shape index (κ1) is 17.8. The number of nitrogens with zero attached hydrogens (tertiary/aromatic N) is 1. The number of ether oxygens (including phenoxy) is 2. The summed E-state index contributed by atoms with van der Waals surface area (Å²) in [6, 6.07) is 12.6. The summed E-state index contributed by atoms with van der Waals surface area (Å²) < 4.78 is 10.4. The van der Waals surface area contributed by atoms with Crippen molar-refractivity contribution in [2.75, 3.05) is 13.7 Å². The number of rotatable bonds is 7. The molecule has 2 rings (SSSR count). The summed E-state index contributed by atoms with van der Waals surface area (Å²) in [6.45, 7) is 2.44. The molecule has 2 aromatic rings. The minimum absolute atomic E-state index is 0.201. The Bertz CT molecular complexity index is 715. The molecule has 0 fully saturated rings. The number of hydrazone groups is 1. The minimum Gasteiger partial charge on any atom is -0.497 e. The van der Waals surface area contributed by atoms with E-state index in [1.165, 1.54) is 6.21 Å². The smallest absolute Gasteiger partial charge is 0.244 e. The maximum atomic E-state index is 11.9. The Labute approximate surface area is 146 Å². The zero-order chi connectivity index (χ0) is 17.4. The molecule has 0 saturated heterocycles.